The van der Waals surface area contributed by atoms with E-state index < -0.39 is 6.04 Å². The Bertz CT molecular complexity index is 761. The van der Waals surface area contributed by atoms with E-state index in [2.05, 4.69) is 15.5 Å². The van der Waals surface area contributed by atoms with Crippen LogP contribution >= 0.6 is 0 Å². The smallest absolute Gasteiger partial charge is 0.318 e. The molecule has 1 aromatic heterocycles. The van der Waals surface area contributed by atoms with Crippen molar-refractivity contribution < 1.29 is 14.1 Å². The third kappa shape index (κ3) is 4.19. The maximum absolute atomic E-state index is 12.5. The lowest BCUT2D eigenvalue weighted by molar-refractivity contribution is -0.128. The normalized spacial score (nSPS) is 16.1. The van der Waals surface area contributed by atoms with Gasteiger partial charge >= 0.3 is 6.03 Å². The minimum atomic E-state index is -0.403. The molecule has 1 aliphatic heterocycles. The molecule has 8 nitrogen and oxygen atoms in total. The summed E-state index contributed by atoms with van der Waals surface area (Å²) in [4.78, 5) is 31.8. The monoisotopic (exact) mass is 357 g/mol. The molecule has 2 heterocycles. The second-order valence-electron chi connectivity index (χ2n) is 6.34. The van der Waals surface area contributed by atoms with Crippen molar-refractivity contribution in [3.05, 3.63) is 36.2 Å². The van der Waals surface area contributed by atoms with Crippen LogP contribution in [0, 0.1) is 0 Å². The van der Waals surface area contributed by atoms with Crippen LogP contribution in [0.1, 0.15) is 32.2 Å². The predicted octanol–water partition coefficient (Wildman–Crippen LogP) is 2.06. The van der Waals surface area contributed by atoms with Crippen molar-refractivity contribution >= 4 is 11.9 Å². The Morgan fingerprint density at radius 1 is 1.12 bits per heavy atom. The highest BCUT2D eigenvalue weighted by atomic mass is 16.5. The van der Waals surface area contributed by atoms with Gasteiger partial charge in [0.2, 0.25) is 17.6 Å². The molecule has 26 heavy (non-hydrogen) atoms. The first kappa shape index (κ1) is 17.9. The van der Waals surface area contributed by atoms with E-state index in [-0.39, 0.29) is 11.9 Å². The molecule has 1 aromatic carbocycles. The van der Waals surface area contributed by atoms with E-state index >= 15 is 0 Å². The van der Waals surface area contributed by atoms with Crippen molar-refractivity contribution in [3.8, 4) is 11.4 Å². The minimum absolute atomic E-state index is 0.0416. The highest BCUT2D eigenvalue weighted by Crippen LogP contribution is 2.18. The fourth-order valence-corrected chi connectivity index (χ4v) is 2.89. The fourth-order valence-electron chi connectivity index (χ4n) is 2.89. The van der Waals surface area contributed by atoms with Crippen molar-refractivity contribution in [3.63, 3.8) is 0 Å². The van der Waals surface area contributed by atoms with Crippen molar-refractivity contribution in [1.29, 1.82) is 0 Å². The van der Waals surface area contributed by atoms with Gasteiger partial charge in [-0.25, -0.2) is 4.79 Å². The van der Waals surface area contributed by atoms with Crippen molar-refractivity contribution in [2.75, 3.05) is 26.2 Å². The van der Waals surface area contributed by atoms with Gasteiger partial charge in [-0.1, -0.05) is 35.5 Å². The molecule has 0 radical (unpaired) electrons. The van der Waals surface area contributed by atoms with E-state index in [1.54, 1.807) is 23.6 Å². The number of carbonyl (C=O) groups is 2. The molecule has 1 atom stereocenters. The first-order valence-electron chi connectivity index (χ1n) is 8.74. The Balaban J connectivity index is 1.59. The fraction of sp³-hybridized carbons (Fsp3) is 0.444. The highest BCUT2D eigenvalue weighted by Gasteiger charge is 2.23. The van der Waals surface area contributed by atoms with Gasteiger partial charge in [0.1, 0.15) is 6.04 Å². The molecule has 0 spiro atoms. The summed E-state index contributed by atoms with van der Waals surface area (Å²) in [6.45, 7) is 5.71. The maximum Gasteiger partial charge on any atom is 0.318 e. The largest absolute Gasteiger partial charge is 0.341 e. The molecule has 2 aromatic rings. The van der Waals surface area contributed by atoms with E-state index in [0.29, 0.717) is 37.9 Å². The first-order valence-corrected chi connectivity index (χ1v) is 8.74. The molecule has 0 bridgehead atoms. The molecule has 1 saturated heterocycles. The van der Waals surface area contributed by atoms with Crippen LogP contribution in [-0.2, 0) is 4.79 Å². The van der Waals surface area contributed by atoms with Gasteiger partial charge < -0.3 is 19.6 Å². The lowest BCUT2D eigenvalue weighted by Gasteiger charge is -2.23. The van der Waals surface area contributed by atoms with E-state index in [9.17, 15) is 9.59 Å². The zero-order chi connectivity index (χ0) is 18.5. The molecule has 3 amide bonds. The highest BCUT2D eigenvalue weighted by molar-refractivity contribution is 5.75. The van der Waals surface area contributed by atoms with Crippen LogP contribution in [0.2, 0.25) is 0 Å². The Kier molecular flexibility index (Phi) is 5.50. The molecule has 138 valence electrons. The van der Waals surface area contributed by atoms with Gasteiger partial charge in [-0.05, 0) is 13.3 Å². The van der Waals surface area contributed by atoms with Gasteiger partial charge in [0, 0.05) is 38.7 Å². The minimum Gasteiger partial charge on any atom is -0.341 e. The molecule has 8 heteroatoms. The third-order valence-corrected chi connectivity index (χ3v) is 4.41. The van der Waals surface area contributed by atoms with E-state index in [0.717, 1.165) is 12.0 Å². The standard InChI is InChI=1S/C18H23N5O3/c1-13(17-20-16(21-26-17)15-7-4-3-5-8-15)19-18(25)23-10-6-9-22(11-12-23)14(2)24/h3-5,7-8,13H,6,9-12H2,1-2H3,(H,19,25). The number of carbonyl (C=O) groups excluding carboxylic acids is 2. The van der Waals surface area contributed by atoms with Gasteiger partial charge in [-0.15, -0.1) is 0 Å². The third-order valence-electron chi connectivity index (χ3n) is 4.41. The predicted molar refractivity (Wildman–Crippen MR) is 95.1 cm³/mol. The van der Waals surface area contributed by atoms with E-state index in [1.807, 2.05) is 30.3 Å². The number of benzene rings is 1. The Morgan fingerprint density at radius 3 is 2.54 bits per heavy atom. The number of rotatable bonds is 3. The number of aromatic nitrogens is 2. The van der Waals surface area contributed by atoms with Crippen LogP contribution in [-0.4, -0.2) is 58.1 Å². The molecule has 1 N–H and O–H groups in total. The van der Waals surface area contributed by atoms with Crippen LogP contribution in [0.5, 0.6) is 0 Å². The van der Waals surface area contributed by atoms with Gasteiger partial charge in [0.05, 0.1) is 0 Å². The number of amides is 3. The molecule has 1 fully saturated rings. The molecule has 1 unspecified atom stereocenters. The summed E-state index contributed by atoms with van der Waals surface area (Å²) in [5, 5.41) is 6.87. The molecule has 3 rings (SSSR count). The number of nitrogens with zero attached hydrogens (tertiary/aromatic N) is 4. The van der Waals surface area contributed by atoms with E-state index in [4.69, 9.17) is 4.52 Å². The summed E-state index contributed by atoms with van der Waals surface area (Å²) in [5.74, 6) is 0.894. The summed E-state index contributed by atoms with van der Waals surface area (Å²) < 4.78 is 5.30. The Labute approximate surface area is 152 Å². The van der Waals surface area contributed by atoms with Crippen LogP contribution < -0.4 is 5.32 Å². The zero-order valence-electron chi connectivity index (χ0n) is 15.0. The van der Waals surface area contributed by atoms with Crippen molar-refractivity contribution in [2.45, 2.75) is 26.3 Å². The van der Waals surface area contributed by atoms with Crippen molar-refractivity contribution in [2.24, 2.45) is 0 Å². The number of hydrogen-bond donors (Lipinski definition) is 1. The summed E-state index contributed by atoms with van der Waals surface area (Å²) in [5.41, 5.74) is 0.859. The van der Waals surface area contributed by atoms with Crippen LogP contribution in [0.25, 0.3) is 11.4 Å². The zero-order valence-corrected chi connectivity index (χ0v) is 15.0. The molecule has 1 aliphatic rings. The number of hydrogen-bond acceptors (Lipinski definition) is 5. The summed E-state index contributed by atoms with van der Waals surface area (Å²) in [7, 11) is 0. The van der Waals surface area contributed by atoms with Crippen molar-refractivity contribution in [1.82, 2.24) is 25.3 Å². The first-order chi connectivity index (χ1) is 12.5. The maximum atomic E-state index is 12.5. The van der Waals surface area contributed by atoms with Crippen LogP contribution in [0.15, 0.2) is 34.9 Å². The average molecular weight is 357 g/mol. The number of nitrogens with one attached hydrogen (secondary N) is 1. The van der Waals surface area contributed by atoms with Crippen LogP contribution in [0.4, 0.5) is 4.79 Å². The average Bonchev–Trinajstić information content (AvgIpc) is 3.00. The Morgan fingerprint density at radius 2 is 1.81 bits per heavy atom. The molecular formula is C18H23N5O3. The molecule has 0 aliphatic carbocycles. The second-order valence-corrected chi connectivity index (χ2v) is 6.34. The lowest BCUT2D eigenvalue weighted by Crippen LogP contribution is -2.43. The number of urea groups is 1. The molecule has 0 saturated carbocycles. The molecular weight excluding hydrogens is 334 g/mol. The van der Waals surface area contributed by atoms with Gasteiger partial charge in [-0.2, -0.15) is 4.98 Å². The summed E-state index contributed by atoms with van der Waals surface area (Å²) in [6, 6.07) is 8.93. The second kappa shape index (κ2) is 7.99. The lowest BCUT2D eigenvalue weighted by atomic mass is 10.2. The SMILES string of the molecule is CC(=O)N1CCCN(C(=O)NC(C)c2nc(-c3ccccc3)no2)CC1. The summed E-state index contributed by atoms with van der Waals surface area (Å²) >= 11 is 0. The summed E-state index contributed by atoms with van der Waals surface area (Å²) in [6.07, 6.45) is 0.764. The van der Waals surface area contributed by atoms with Gasteiger partial charge in [0.15, 0.2) is 0 Å². The van der Waals surface area contributed by atoms with Crippen LogP contribution in [0.3, 0.4) is 0 Å². The Hall–Kier alpha value is -2.90. The van der Waals surface area contributed by atoms with Gasteiger partial charge in [-0.3, -0.25) is 4.79 Å². The quantitative estimate of drug-likeness (QED) is 0.908. The van der Waals surface area contributed by atoms with Gasteiger partial charge in [0.25, 0.3) is 0 Å². The van der Waals surface area contributed by atoms with E-state index in [1.165, 1.54) is 0 Å². The topological polar surface area (TPSA) is 91.6 Å².